The Bertz CT molecular complexity index is 860. The largest absolute Gasteiger partial charge is 0.457 e. The third-order valence-electron chi connectivity index (χ3n) is 4.62. The molecule has 2 aromatic carbocycles. The summed E-state index contributed by atoms with van der Waals surface area (Å²) < 4.78 is 7.85. The molecule has 1 aromatic heterocycles. The highest BCUT2D eigenvalue weighted by molar-refractivity contribution is 5.89. The topological polar surface area (TPSA) is 56.1 Å². The molecule has 0 unspecified atom stereocenters. The van der Waals surface area contributed by atoms with Crippen LogP contribution in [0.5, 0.6) is 11.5 Å². The number of carbonyl (C=O) groups is 1. The molecule has 0 fully saturated rings. The third-order valence-corrected chi connectivity index (χ3v) is 4.62. The quantitative estimate of drug-likeness (QED) is 0.768. The SMILES string of the molecule is C[C@@H](CNC(=O)C1c2ccccc2Oc2ccccc21)Cn1cccn1. The van der Waals surface area contributed by atoms with Gasteiger partial charge in [-0.15, -0.1) is 0 Å². The first-order valence-corrected chi connectivity index (χ1v) is 8.83. The second-order valence-corrected chi connectivity index (χ2v) is 6.69. The average molecular weight is 347 g/mol. The van der Waals surface area contributed by atoms with Crippen molar-refractivity contribution in [3.8, 4) is 11.5 Å². The number of hydrogen-bond donors (Lipinski definition) is 1. The lowest BCUT2D eigenvalue weighted by atomic mass is 9.87. The molecule has 0 bridgehead atoms. The summed E-state index contributed by atoms with van der Waals surface area (Å²) in [6.45, 7) is 3.47. The maximum atomic E-state index is 13.0. The molecule has 0 saturated carbocycles. The molecule has 5 nitrogen and oxygen atoms in total. The van der Waals surface area contributed by atoms with Crippen LogP contribution < -0.4 is 10.1 Å². The fraction of sp³-hybridized carbons (Fsp3) is 0.238. The van der Waals surface area contributed by atoms with Crippen LogP contribution >= 0.6 is 0 Å². The predicted molar refractivity (Wildman–Crippen MR) is 99.2 cm³/mol. The predicted octanol–water partition coefficient (Wildman–Crippen LogP) is 3.57. The number of aromatic nitrogens is 2. The fourth-order valence-electron chi connectivity index (χ4n) is 3.36. The van der Waals surface area contributed by atoms with E-state index in [4.69, 9.17) is 4.74 Å². The van der Waals surface area contributed by atoms with Crippen molar-refractivity contribution < 1.29 is 9.53 Å². The van der Waals surface area contributed by atoms with Gasteiger partial charge in [0.2, 0.25) is 5.91 Å². The van der Waals surface area contributed by atoms with Gasteiger partial charge in [-0.3, -0.25) is 9.48 Å². The van der Waals surface area contributed by atoms with Crippen molar-refractivity contribution in [1.82, 2.24) is 15.1 Å². The van der Waals surface area contributed by atoms with Crippen LogP contribution in [0, 0.1) is 5.92 Å². The van der Waals surface area contributed by atoms with Crippen LogP contribution in [0.2, 0.25) is 0 Å². The van der Waals surface area contributed by atoms with E-state index in [1.807, 2.05) is 65.5 Å². The lowest BCUT2D eigenvalue weighted by molar-refractivity contribution is -0.122. The smallest absolute Gasteiger partial charge is 0.232 e. The van der Waals surface area contributed by atoms with E-state index in [1.165, 1.54) is 0 Å². The Morgan fingerprint density at radius 1 is 1.12 bits per heavy atom. The molecule has 1 N–H and O–H groups in total. The molecule has 132 valence electrons. The summed E-state index contributed by atoms with van der Waals surface area (Å²) in [7, 11) is 0. The van der Waals surface area contributed by atoms with Gasteiger partial charge < -0.3 is 10.1 Å². The molecule has 26 heavy (non-hydrogen) atoms. The number of ether oxygens (including phenoxy) is 1. The van der Waals surface area contributed by atoms with Crippen molar-refractivity contribution in [3.05, 3.63) is 78.1 Å². The maximum absolute atomic E-state index is 13.0. The zero-order valence-corrected chi connectivity index (χ0v) is 14.6. The second kappa shape index (κ2) is 7.04. The molecule has 1 atom stereocenters. The minimum Gasteiger partial charge on any atom is -0.457 e. The van der Waals surface area contributed by atoms with Crippen LogP contribution in [-0.4, -0.2) is 22.2 Å². The summed E-state index contributed by atoms with van der Waals surface area (Å²) in [6.07, 6.45) is 3.70. The van der Waals surface area contributed by atoms with Gasteiger partial charge in [-0.05, 0) is 24.1 Å². The minimum atomic E-state index is -0.354. The Labute approximate surface area is 152 Å². The zero-order valence-electron chi connectivity index (χ0n) is 14.6. The highest BCUT2D eigenvalue weighted by atomic mass is 16.5. The minimum absolute atomic E-state index is 0.000477. The molecule has 0 aliphatic carbocycles. The van der Waals surface area contributed by atoms with Crippen LogP contribution in [-0.2, 0) is 11.3 Å². The van der Waals surface area contributed by atoms with E-state index in [0.717, 1.165) is 29.2 Å². The number of amides is 1. The zero-order chi connectivity index (χ0) is 17.9. The molecule has 3 aromatic rings. The van der Waals surface area contributed by atoms with Crippen molar-refractivity contribution in [2.45, 2.75) is 19.4 Å². The van der Waals surface area contributed by atoms with Gasteiger partial charge in [0.1, 0.15) is 11.5 Å². The summed E-state index contributed by atoms with van der Waals surface area (Å²) in [5.41, 5.74) is 1.81. The number of hydrogen-bond acceptors (Lipinski definition) is 3. The molecular formula is C21H21N3O2. The number of nitrogens with zero attached hydrogens (tertiary/aromatic N) is 2. The normalized spacial score (nSPS) is 14.0. The van der Waals surface area contributed by atoms with Crippen molar-refractivity contribution >= 4 is 5.91 Å². The summed E-state index contributed by atoms with van der Waals surface area (Å²) >= 11 is 0. The van der Waals surface area contributed by atoms with Gasteiger partial charge in [-0.1, -0.05) is 43.3 Å². The van der Waals surface area contributed by atoms with E-state index in [0.29, 0.717) is 6.54 Å². The van der Waals surface area contributed by atoms with Crippen LogP contribution in [0.15, 0.2) is 67.0 Å². The van der Waals surface area contributed by atoms with Gasteiger partial charge in [0.15, 0.2) is 0 Å². The highest BCUT2D eigenvalue weighted by Crippen LogP contribution is 2.43. The van der Waals surface area contributed by atoms with Crippen LogP contribution in [0.3, 0.4) is 0 Å². The van der Waals surface area contributed by atoms with Crippen molar-refractivity contribution in [1.29, 1.82) is 0 Å². The maximum Gasteiger partial charge on any atom is 0.232 e. The summed E-state index contributed by atoms with van der Waals surface area (Å²) in [5.74, 6) is 1.42. The molecule has 4 rings (SSSR count). The second-order valence-electron chi connectivity index (χ2n) is 6.69. The van der Waals surface area contributed by atoms with Gasteiger partial charge in [0.25, 0.3) is 0 Å². The van der Waals surface area contributed by atoms with Crippen LogP contribution in [0.4, 0.5) is 0 Å². The lowest BCUT2D eigenvalue weighted by Crippen LogP contribution is -2.35. The summed E-state index contributed by atoms with van der Waals surface area (Å²) in [4.78, 5) is 13.0. The first kappa shape index (κ1) is 16.4. The number of para-hydroxylation sites is 2. The van der Waals surface area contributed by atoms with Crippen molar-refractivity contribution in [3.63, 3.8) is 0 Å². The monoisotopic (exact) mass is 347 g/mol. The molecule has 2 heterocycles. The molecule has 0 radical (unpaired) electrons. The third kappa shape index (κ3) is 3.20. The van der Waals surface area contributed by atoms with E-state index < -0.39 is 0 Å². The number of benzene rings is 2. The summed E-state index contributed by atoms with van der Waals surface area (Å²) in [5, 5.41) is 7.33. The first-order valence-electron chi connectivity index (χ1n) is 8.83. The Morgan fingerprint density at radius 2 is 1.77 bits per heavy atom. The molecular weight excluding hydrogens is 326 g/mol. The number of fused-ring (bicyclic) bond motifs is 2. The van der Waals surface area contributed by atoms with Crippen molar-refractivity contribution in [2.75, 3.05) is 6.54 Å². The number of rotatable bonds is 5. The first-order chi connectivity index (χ1) is 12.7. The Kier molecular flexibility index (Phi) is 4.44. The van der Waals surface area contributed by atoms with Gasteiger partial charge in [-0.2, -0.15) is 5.10 Å². The molecule has 0 spiro atoms. The van der Waals surface area contributed by atoms with Gasteiger partial charge in [-0.25, -0.2) is 0 Å². The molecule has 0 saturated heterocycles. The van der Waals surface area contributed by atoms with E-state index in [9.17, 15) is 4.79 Å². The van der Waals surface area contributed by atoms with Crippen LogP contribution in [0.1, 0.15) is 24.0 Å². The average Bonchev–Trinajstić information content (AvgIpc) is 3.17. The van der Waals surface area contributed by atoms with Gasteiger partial charge in [0.05, 0.1) is 5.92 Å². The van der Waals surface area contributed by atoms with E-state index in [-0.39, 0.29) is 17.7 Å². The molecule has 1 aliphatic heterocycles. The Balaban J connectivity index is 1.52. The number of carbonyl (C=O) groups excluding carboxylic acids is 1. The molecule has 1 aliphatic rings. The van der Waals surface area contributed by atoms with Gasteiger partial charge >= 0.3 is 0 Å². The summed E-state index contributed by atoms with van der Waals surface area (Å²) in [6, 6.07) is 17.4. The highest BCUT2D eigenvalue weighted by Gasteiger charge is 2.32. The lowest BCUT2D eigenvalue weighted by Gasteiger charge is -2.27. The standard InChI is InChI=1S/C21H21N3O2/c1-15(14-24-12-6-11-23-24)13-22-21(25)20-16-7-2-4-9-18(16)26-19-10-5-3-8-17(19)20/h2-12,15,20H,13-14H2,1H3,(H,22,25)/t15-/m0/s1. The number of nitrogens with one attached hydrogen (secondary N) is 1. The van der Waals surface area contributed by atoms with E-state index in [2.05, 4.69) is 17.3 Å². The Hall–Kier alpha value is -3.08. The Morgan fingerprint density at radius 3 is 2.38 bits per heavy atom. The van der Waals surface area contributed by atoms with Crippen LogP contribution in [0.25, 0.3) is 0 Å². The van der Waals surface area contributed by atoms with E-state index in [1.54, 1.807) is 6.20 Å². The van der Waals surface area contributed by atoms with Gasteiger partial charge in [0, 0.05) is 36.6 Å². The fourth-order valence-corrected chi connectivity index (χ4v) is 3.36. The van der Waals surface area contributed by atoms with Crippen molar-refractivity contribution in [2.24, 2.45) is 5.92 Å². The molecule has 5 heteroatoms. The molecule has 1 amide bonds. The van der Waals surface area contributed by atoms with E-state index >= 15 is 0 Å².